The van der Waals surface area contributed by atoms with E-state index < -0.39 is 0 Å². The summed E-state index contributed by atoms with van der Waals surface area (Å²) in [5, 5.41) is 7.00. The Hall–Kier alpha value is -3.65. The van der Waals surface area contributed by atoms with E-state index in [1.165, 1.54) is 16.2 Å². The van der Waals surface area contributed by atoms with Crippen LogP contribution in [0.15, 0.2) is 97.1 Å². The van der Waals surface area contributed by atoms with Crippen molar-refractivity contribution < 1.29 is 9.53 Å². The van der Waals surface area contributed by atoms with Crippen LogP contribution in [0.1, 0.15) is 11.1 Å². The molecule has 0 heterocycles. The Balaban J connectivity index is 1.38. The van der Waals surface area contributed by atoms with E-state index in [0.717, 1.165) is 27.3 Å². The highest BCUT2D eigenvalue weighted by Crippen LogP contribution is 2.29. The Morgan fingerprint density at radius 2 is 1.28 bits per heavy atom. The lowest BCUT2D eigenvalue weighted by Crippen LogP contribution is -2.08. The molecule has 0 fully saturated rings. The Morgan fingerprint density at radius 1 is 0.621 bits per heavy atom. The number of hydrogen-bond donors (Lipinski definition) is 0. The van der Waals surface area contributed by atoms with Crippen LogP contribution < -0.4 is 0 Å². The number of carbonyl (C=O) groups excluding carboxylic acids is 1. The molecule has 140 valence electrons. The van der Waals surface area contributed by atoms with Crippen LogP contribution >= 0.6 is 0 Å². The maximum atomic E-state index is 12.5. The van der Waals surface area contributed by atoms with Crippen molar-refractivity contribution in [2.45, 2.75) is 13.0 Å². The third-order valence-electron chi connectivity index (χ3n) is 5.40. The van der Waals surface area contributed by atoms with Gasteiger partial charge in [0.15, 0.2) is 0 Å². The van der Waals surface area contributed by atoms with Crippen molar-refractivity contribution in [2.75, 3.05) is 0 Å². The maximum absolute atomic E-state index is 12.5. The predicted octanol–water partition coefficient (Wildman–Crippen LogP) is 6.43. The van der Waals surface area contributed by atoms with Crippen LogP contribution in [0.4, 0.5) is 0 Å². The summed E-state index contributed by atoms with van der Waals surface area (Å²) >= 11 is 0. The molecule has 0 saturated carbocycles. The van der Waals surface area contributed by atoms with E-state index in [9.17, 15) is 4.79 Å². The number of rotatable bonds is 4. The van der Waals surface area contributed by atoms with Crippen LogP contribution in [0.5, 0.6) is 0 Å². The molecule has 0 N–H and O–H groups in total. The summed E-state index contributed by atoms with van der Waals surface area (Å²) < 4.78 is 5.66. The van der Waals surface area contributed by atoms with Crippen molar-refractivity contribution in [1.29, 1.82) is 0 Å². The predicted molar refractivity (Wildman–Crippen MR) is 119 cm³/mol. The Kier molecular flexibility index (Phi) is 4.45. The number of benzene rings is 5. The van der Waals surface area contributed by atoms with Crippen LogP contribution in [0.25, 0.3) is 32.3 Å². The van der Waals surface area contributed by atoms with Crippen LogP contribution in [-0.2, 0) is 22.6 Å². The van der Waals surface area contributed by atoms with Crippen molar-refractivity contribution in [3.05, 3.63) is 108 Å². The molecule has 0 unspecified atom stereocenters. The smallest absolute Gasteiger partial charge is 0.310 e. The van der Waals surface area contributed by atoms with Gasteiger partial charge in [0.1, 0.15) is 6.61 Å². The molecular weight excluding hydrogens is 356 g/mol. The molecule has 0 aliphatic carbocycles. The monoisotopic (exact) mass is 376 g/mol. The molecule has 0 radical (unpaired) electrons. The number of hydrogen-bond acceptors (Lipinski definition) is 2. The zero-order valence-corrected chi connectivity index (χ0v) is 16.0. The molecule has 5 aromatic rings. The molecule has 0 spiro atoms. The van der Waals surface area contributed by atoms with E-state index in [1.807, 2.05) is 36.4 Å². The molecule has 0 aliphatic rings. The van der Waals surface area contributed by atoms with E-state index in [1.54, 1.807) is 0 Å². The molecule has 0 saturated heterocycles. The average molecular weight is 376 g/mol. The van der Waals surface area contributed by atoms with Gasteiger partial charge in [-0.15, -0.1) is 0 Å². The summed E-state index contributed by atoms with van der Waals surface area (Å²) in [6.07, 6.45) is 0.274. The first kappa shape index (κ1) is 17.4. The lowest BCUT2D eigenvalue weighted by atomic mass is 9.97. The van der Waals surface area contributed by atoms with Gasteiger partial charge < -0.3 is 4.74 Å². The minimum Gasteiger partial charge on any atom is -0.461 e. The molecule has 5 aromatic carbocycles. The van der Waals surface area contributed by atoms with Gasteiger partial charge in [0.2, 0.25) is 0 Å². The maximum Gasteiger partial charge on any atom is 0.310 e. The Labute approximate surface area is 169 Å². The number of carbonyl (C=O) groups is 1. The van der Waals surface area contributed by atoms with Gasteiger partial charge in [-0.3, -0.25) is 4.79 Å². The molecule has 2 heteroatoms. The Bertz CT molecular complexity index is 1350. The average Bonchev–Trinajstić information content (AvgIpc) is 2.77. The van der Waals surface area contributed by atoms with Crippen molar-refractivity contribution in [1.82, 2.24) is 0 Å². The fourth-order valence-corrected chi connectivity index (χ4v) is 3.98. The first-order valence-corrected chi connectivity index (χ1v) is 9.81. The van der Waals surface area contributed by atoms with Crippen molar-refractivity contribution in [2.24, 2.45) is 0 Å². The van der Waals surface area contributed by atoms with Gasteiger partial charge in [0.25, 0.3) is 0 Å². The second-order valence-corrected chi connectivity index (χ2v) is 7.32. The molecule has 2 nitrogen and oxygen atoms in total. The fourth-order valence-electron chi connectivity index (χ4n) is 3.98. The minimum absolute atomic E-state index is 0.211. The topological polar surface area (TPSA) is 26.3 Å². The number of ether oxygens (including phenoxy) is 1. The number of esters is 1. The summed E-state index contributed by atoms with van der Waals surface area (Å²) in [7, 11) is 0. The first-order valence-electron chi connectivity index (χ1n) is 9.81. The van der Waals surface area contributed by atoms with E-state index in [0.29, 0.717) is 0 Å². The molecule has 5 rings (SSSR count). The second-order valence-electron chi connectivity index (χ2n) is 7.32. The summed E-state index contributed by atoms with van der Waals surface area (Å²) in [5.74, 6) is -0.211. The van der Waals surface area contributed by atoms with Crippen molar-refractivity contribution in [3.63, 3.8) is 0 Å². The van der Waals surface area contributed by atoms with Crippen LogP contribution in [0.2, 0.25) is 0 Å². The molecule has 29 heavy (non-hydrogen) atoms. The van der Waals surface area contributed by atoms with E-state index in [4.69, 9.17) is 4.74 Å². The molecule has 0 bridgehead atoms. The van der Waals surface area contributed by atoms with Gasteiger partial charge in [-0.25, -0.2) is 0 Å². The quantitative estimate of drug-likeness (QED) is 0.267. The third-order valence-corrected chi connectivity index (χ3v) is 5.40. The summed E-state index contributed by atoms with van der Waals surface area (Å²) in [4.78, 5) is 12.5. The largest absolute Gasteiger partial charge is 0.461 e. The van der Waals surface area contributed by atoms with Crippen LogP contribution in [-0.4, -0.2) is 5.97 Å². The van der Waals surface area contributed by atoms with Crippen molar-refractivity contribution in [3.8, 4) is 0 Å². The highest BCUT2D eigenvalue weighted by Gasteiger charge is 2.10. The molecule has 0 aromatic heterocycles. The van der Waals surface area contributed by atoms with Crippen molar-refractivity contribution >= 4 is 38.3 Å². The van der Waals surface area contributed by atoms with Gasteiger partial charge in [-0.2, -0.15) is 0 Å². The van der Waals surface area contributed by atoms with E-state index in [-0.39, 0.29) is 19.0 Å². The van der Waals surface area contributed by atoms with Gasteiger partial charge in [0.05, 0.1) is 6.42 Å². The number of fused-ring (bicyclic) bond motifs is 4. The van der Waals surface area contributed by atoms with Gasteiger partial charge in [-0.05, 0) is 49.5 Å². The Morgan fingerprint density at radius 3 is 2.10 bits per heavy atom. The molecule has 0 atom stereocenters. The SMILES string of the molecule is O=C(Cc1ccc2ccccc2c1)OCc1cc2ccccc2c2ccccc12. The summed E-state index contributed by atoms with van der Waals surface area (Å²) in [6, 6.07) is 33.0. The van der Waals surface area contributed by atoms with E-state index in [2.05, 4.69) is 60.7 Å². The fraction of sp³-hybridized carbons (Fsp3) is 0.0741. The lowest BCUT2D eigenvalue weighted by molar-refractivity contribution is -0.144. The molecule has 0 amide bonds. The van der Waals surface area contributed by atoms with Gasteiger partial charge >= 0.3 is 5.97 Å². The van der Waals surface area contributed by atoms with Crippen LogP contribution in [0.3, 0.4) is 0 Å². The lowest BCUT2D eigenvalue weighted by Gasteiger charge is -2.11. The van der Waals surface area contributed by atoms with Crippen LogP contribution in [0, 0.1) is 0 Å². The third kappa shape index (κ3) is 3.45. The highest BCUT2D eigenvalue weighted by atomic mass is 16.5. The molecular formula is C27H20O2. The molecule has 0 aliphatic heterocycles. The normalized spacial score (nSPS) is 11.2. The van der Waals surface area contributed by atoms with Gasteiger partial charge in [0, 0.05) is 0 Å². The van der Waals surface area contributed by atoms with E-state index >= 15 is 0 Å². The minimum atomic E-state index is -0.211. The van der Waals surface area contributed by atoms with Gasteiger partial charge in [-0.1, -0.05) is 91.0 Å². The standard InChI is InChI=1S/C27H20O2/c28-27(16-19-13-14-20-7-1-2-8-21(20)15-19)29-18-23-17-22-9-3-4-10-24(22)26-12-6-5-11-25(23)26/h1-15,17H,16,18H2. The first-order chi connectivity index (χ1) is 14.3. The summed E-state index contributed by atoms with van der Waals surface area (Å²) in [5.41, 5.74) is 2.00. The summed E-state index contributed by atoms with van der Waals surface area (Å²) in [6.45, 7) is 0.276. The zero-order valence-electron chi connectivity index (χ0n) is 16.0. The second kappa shape index (κ2) is 7.40. The highest BCUT2D eigenvalue weighted by molar-refractivity contribution is 6.08. The zero-order chi connectivity index (χ0) is 19.6.